The molecule has 0 spiro atoms. The fourth-order valence-corrected chi connectivity index (χ4v) is 2.85. The van der Waals surface area contributed by atoms with Crippen LogP contribution in [-0.4, -0.2) is 12.9 Å². The first-order valence-corrected chi connectivity index (χ1v) is 6.72. The lowest BCUT2D eigenvalue weighted by atomic mass is 10.1. The monoisotopic (exact) mass is 279 g/mol. The lowest BCUT2D eigenvalue weighted by Crippen LogP contribution is -2.22. The van der Waals surface area contributed by atoms with Crippen molar-refractivity contribution in [1.82, 2.24) is 0 Å². The van der Waals surface area contributed by atoms with Crippen LogP contribution < -0.4 is 10.6 Å². The number of halogens is 1. The quantitative estimate of drug-likeness (QED) is 0.666. The van der Waals surface area contributed by atoms with E-state index in [0.29, 0.717) is 10.6 Å². The molecule has 0 amide bonds. The summed E-state index contributed by atoms with van der Waals surface area (Å²) in [4.78, 5) is 3.31. The van der Waals surface area contributed by atoms with Crippen LogP contribution in [0.3, 0.4) is 0 Å². The zero-order chi connectivity index (χ0) is 13.1. The maximum absolute atomic E-state index is 7.63. The standard InChI is InChI=1S/C13H14ClN3S/c1-17(8-9-4-3-7-18-9)11-6-2-5-10(14)12(11)13(15)16/h2-7H,8H2,1H3,(H3,15,16). The van der Waals surface area contributed by atoms with Crippen LogP contribution in [0.2, 0.25) is 5.02 Å². The normalized spacial score (nSPS) is 10.3. The van der Waals surface area contributed by atoms with Crippen LogP contribution >= 0.6 is 22.9 Å². The molecule has 0 saturated heterocycles. The zero-order valence-corrected chi connectivity index (χ0v) is 11.6. The first kappa shape index (κ1) is 12.9. The fraction of sp³-hybridized carbons (Fsp3) is 0.154. The molecule has 18 heavy (non-hydrogen) atoms. The van der Waals surface area contributed by atoms with Crippen molar-refractivity contribution in [3.63, 3.8) is 0 Å². The number of nitrogens with two attached hydrogens (primary N) is 1. The van der Waals surface area contributed by atoms with Gasteiger partial charge in [0.1, 0.15) is 5.84 Å². The van der Waals surface area contributed by atoms with Gasteiger partial charge in [-0.1, -0.05) is 23.7 Å². The molecule has 2 rings (SSSR count). The minimum atomic E-state index is -0.00590. The Morgan fingerprint density at radius 3 is 2.78 bits per heavy atom. The Labute approximate surface area is 115 Å². The molecule has 0 saturated carbocycles. The average molecular weight is 280 g/mol. The summed E-state index contributed by atoms with van der Waals surface area (Å²) in [6, 6.07) is 9.66. The number of nitrogen functional groups attached to an aromatic ring is 1. The average Bonchev–Trinajstić information content (AvgIpc) is 2.80. The third kappa shape index (κ3) is 2.66. The number of thiophene rings is 1. The summed E-state index contributed by atoms with van der Waals surface area (Å²) in [6.07, 6.45) is 0. The van der Waals surface area contributed by atoms with Crippen LogP contribution in [0.1, 0.15) is 10.4 Å². The molecule has 3 N–H and O–H groups in total. The highest BCUT2D eigenvalue weighted by Gasteiger charge is 2.13. The number of anilines is 1. The van der Waals surface area contributed by atoms with Gasteiger partial charge in [0.2, 0.25) is 0 Å². The van der Waals surface area contributed by atoms with Gasteiger partial charge < -0.3 is 10.6 Å². The smallest absolute Gasteiger partial charge is 0.126 e. The summed E-state index contributed by atoms with van der Waals surface area (Å²) >= 11 is 7.81. The molecule has 1 aromatic carbocycles. The third-order valence-corrected chi connectivity index (χ3v) is 3.82. The Balaban J connectivity index is 2.32. The first-order chi connectivity index (χ1) is 8.59. The second-order valence-corrected chi connectivity index (χ2v) is 5.42. The van der Waals surface area contributed by atoms with Gasteiger partial charge in [0.05, 0.1) is 17.1 Å². The molecule has 0 bridgehead atoms. The Morgan fingerprint density at radius 2 is 2.17 bits per heavy atom. The second kappa shape index (κ2) is 5.42. The van der Waals surface area contributed by atoms with Gasteiger partial charge in [-0.15, -0.1) is 11.3 Å². The van der Waals surface area contributed by atoms with Crippen molar-refractivity contribution >= 4 is 34.5 Å². The van der Waals surface area contributed by atoms with Gasteiger partial charge in [0, 0.05) is 17.6 Å². The maximum Gasteiger partial charge on any atom is 0.126 e. The second-order valence-electron chi connectivity index (χ2n) is 3.98. The molecular formula is C13H14ClN3S. The summed E-state index contributed by atoms with van der Waals surface area (Å²) in [7, 11) is 1.97. The molecule has 0 atom stereocenters. The van der Waals surface area contributed by atoms with Gasteiger partial charge in [-0.3, -0.25) is 5.41 Å². The van der Waals surface area contributed by atoms with Gasteiger partial charge in [-0.25, -0.2) is 0 Å². The SMILES string of the molecule is CN(Cc1cccs1)c1cccc(Cl)c1C(=N)N. The highest BCUT2D eigenvalue weighted by Crippen LogP contribution is 2.27. The van der Waals surface area contributed by atoms with Gasteiger partial charge in [-0.2, -0.15) is 0 Å². The van der Waals surface area contributed by atoms with E-state index in [-0.39, 0.29) is 5.84 Å². The van der Waals surface area contributed by atoms with Gasteiger partial charge >= 0.3 is 0 Å². The highest BCUT2D eigenvalue weighted by atomic mass is 35.5. The lowest BCUT2D eigenvalue weighted by Gasteiger charge is -2.22. The number of amidine groups is 1. The summed E-state index contributed by atoms with van der Waals surface area (Å²) in [5.74, 6) is -0.00590. The third-order valence-electron chi connectivity index (χ3n) is 2.65. The van der Waals surface area contributed by atoms with E-state index in [0.717, 1.165) is 12.2 Å². The Morgan fingerprint density at radius 1 is 1.39 bits per heavy atom. The van der Waals surface area contributed by atoms with E-state index < -0.39 is 0 Å². The van der Waals surface area contributed by atoms with E-state index in [1.165, 1.54) is 4.88 Å². The molecule has 1 heterocycles. The van der Waals surface area contributed by atoms with Gasteiger partial charge in [0.15, 0.2) is 0 Å². The Hall–Kier alpha value is -1.52. The van der Waals surface area contributed by atoms with Gasteiger partial charge in [-0.05, 0) is 23.6 Å². The number of benzene rings is 1. The molecule has 0 fully saturated rings. The number of hydrogen-bond donors (Lipinski definition) is 2. The highest BCUT2D eigenvalue weighted by molar-refractivity contribution is 7.09. The van der Waals surface area contributed by atoms with E-state index in [4.69, 9.17) is 22.7 Å². The topological polar surface area (TPSA) is 53.1 Å². The van der Waals surface area contributed by atoms with Crippen molar-refractivity contribution in [3.8, 4) is 0 Å². The molecule has 5 heteroatoms. The summed E-state index contributed by atoms with van der Waals surface area (Å²) in [6.45, 7) is 0.776. The molecular weight excluding hydrogens is 266 g/mol. The van der Waals surface area contributed by atoms with Crippen LogP contribution in [-0.2, 0) is 6.54 Å². The summed E-state index contributed by atoms with van der Waals surface area (Å²) < 4.78 is 0. The zero-order valence-electron chi connectivity index (χ0n) is 9.98. The molecule has 1 aromatic heterocycles. The minimum Gasteiger partial charge on any atom is -0.384 e. The van der Waals surface area contributed by atoms with Crippen molar-refractivity contribution in [2.24, 2.45) is 5.73 Å². The molecule has 0 unspecified atom stereocenters. The van der Waals surface area contributed by atoms with Crippen molar-refractivity contribution in [3.05, 3.63) is 51.2 Å². The van der Waals surface area contributed by atoms with Crippen molar-refractivity contribution < 1.29 is 0 Å². The molecule has 0 aliphatic rings. The fourth-order valence-electron chi connectivity index (χ4n) is 1.82. The molecule has 3 nitrogen and oxygen atoms in total. The van der Waals surface area contributed by atoms with E-state index >= 15 is 0 Å². The molecule has 0 aliphatic carbocycles. The van der Waals surface area contributed by atoms with E-state index in [1.54, 1.807) is 17.4 Å². The molecule has 2 aromatic rings. The number of nitrogens with zero attached hydrogens (tertiary/aromatic N) is 1. The van der Waals surface area contributed by atoms with Crippen LogP contribution in [0.15, 0.2) is 35.7 Å². The predicted octanol–water partition coefficient (Wildman–Crippen LogP) is 3.32. The maximum atomic E-state index is 7.63. The van der Waals surface area contributed by atoms with Crippen molar-refractivity contribution in [1.29, 1.82) is 5.41 Å². The first-order valence-electron chi connectivity index (χ1n) is 5.46. The van der Waals surface area contributed by atoms with Crippen molar-refractivity contribution in [2.45, 2.75) is 6.54 Å². The van der Waals surface area contributed by atoms with Crippen LogP contribution in [0.5, 0.6) is 0 Å². The predicted molar refractivity (Wildman–Crippen MR) is 78.9 cm³/mol. The van der Waals surface area contributed by atoms with Crippen LogP contribution in [0.25, 0.3) is 0 Å². The summed E-state index contributed by atoms with van der Waals surface area (Å²) in [5, 5.41) is 10.2. The Kier molecular flexibility index (Phi) is 3.89. The largest absolute Gasteiger partial charge is 0.384 e. The number of nitrogens with one attached hydrogen (secondary N) is 1. The minimum absolute atomic E-state index is 0.00590. The number of rotatable bonds is 4. The van der Waals surface area contributed by atoms with Crippen LogP contribution in [0, 0.1) is 5.41 Å². The lowest BCUT2D eigenvalue weighted by molar-refractivity contribution is 0.938. The summed E-state index contributed by atoms with van der Waals surface area (Å²) in [5.41, 5.74) is 7.08. The molecule has 94 valence electrons. The van der Waals surface area contributed by atoms with E-state index in [9.17, 15) is 0 Å². The van der Waals surface area contributed by atoms with E-state index in [2.05, 4.69) is 11.0 Å². The molecule has 0 radical (unpaired) electrons. The Bertz CT molecular complexity index is 551. The number of hydrogen-bond acceptors (Lipinski definition) is 3. The van der Waals surface area contributed by atoms with Crippen LogP contribution in [0.4, 0.5) is 5.69 Å². The van der Waals surface area contributed by atoms with Gasteiger partial charge in [0.25, 0.3) is 0 Å². The van der Waals surface area contributed by atoms with E-state index in [1.807, 2.05) is 30.6 Å². The molecule has 0 aliphatic heterocycles. The van der Waals surface area contributed by atoms with Crippen molar-refractivity contribution in [2.75, 3.05) is 11.9 Å².